The molecule has 0 amide bonds. The van der Waals surface area contributed by atoms with E-state index in [2.05, 4.69) is 26.0 Å². The number of alkyl halides is 3. The van der Waals surface area contributed by atoms with Crippen LogP contribution in [0, 0.1) is 10.1 Å². The van der Waals surface area contributed by atoms with Crippen molar-refractivity contribution in [1.29, 1.82) is 0 Å². The molecule has 5 aromatic rings. The van der Waals surface area contributed by atoms with Gasteiger partial charge in [-0.1, -0.05) is 63.9 Å². The molecule has 0 aliphatic rings. The topological polar surface area (TPSA) is 99.6 Å². The van der Waals surface area contributed by atoms with Crippen LogP contribution in [0.15, 0.2) is 99.3 Å². The summed E-state index contributed by atoms with van der Waals surface area (Å²) in [6.45, 7) is -0.0381. The molecule has 0 fully saturated rings. The molecule has 4 aromatic carbocycles. The quantitative estimate of drug-likeness (QED) is 0.101. The minimum atomic E-state index is -4.64. The highest BCUT2D eigenvalue weighted by Gasteiger charge is 2.31. The molecule has 1 aromatic heterocycles. The Morgan fingerprint density at radius 3 is 2.50 bits per heavy atom. The van der Waals surface area contributed by atoms with E-state index in [1.807, 2.05) is 0 Å². The van der Waals surface area contributed by atoms with Crippen LogP contribution in [0.3, 0.4) is 0 Å². The molecule has 13 heteroatoms. The van der Waals surface area contributed by atoms with Gasteiger partial charge < -0.3 is 4.74 Å². The molecule has 0 N–H and O–H groups in total. The number of nitrogens with zero attached hydrogens (tertiary/aromatic N) is 4. The van der Waals surface area contributed by atoms with Crippen LogP contribution in [0.5, 0.6) is 5.75 Å². The molecule has 8 nitrogen and oxygen atoms in total. The number of hydrogen-bond donors (Lipinski definition) is 0. The van der Waals surface area contributed by atoms with Gasteiger partial charge in [0.2, 0.25) is 5.75 Å². The standard InChI is InChI=1S/C29H17BrClF3N4O4/c30-21-10-8-17(9-11-21)16-42-26-19(13-22(31)14-25(26)38(40)41)15-35-37-27(18-4-3-5-20(12-18)29(32,33)34)36-24-7-2-1-6-23(24)28(37)39/h1-15H,16H2. The largest absolute Gasteiger partial charge is 0.481 e. The van der Waals surface area contributed by atoms with Crippen molar-refractivity contribution in [2.75, 3.05) is 0 Å². The van der Waals surface area contributed by atoms with Crippen molar-refractivity contribution in [3.8, 4) is 17.1 Å². The second-order valence-electron chi connectivity index (χ2n) is 8.91. The average Bonchev–Trinajstić information content (AvgIpc) is 2.96. The molecular formula is C29H17BrClF3N4O4. The number of fused-ring (bicyclic) bond motifs is 1. The summed E-state index contributed by atoms with van der Waals surface area (Å²) in [6.07, 6.45) is -3.52. The Bertz CT molecular complexity index is 1910. The number of nitro groups is 1. The Kier molecular flexibility index (Phi) is 8.10. The van der Waals surface area contributed by atoms with Crippen molar-refractivity contribution in [2.45, 2.75) is 12.8 Å². The van der Waals surface area contributed by atoms with E-state index in [0.717, 1.165) is 33.6 Å². The van der Waals surface area contributed by atoms with Gasteiger partial charge in [0.25, 0.3) is 5.56 Å². The number of ether oxygens (including phenoxy) is 1. The highest BCUT2D eigenvalue weighted by molar-refractivity contribution is 9.10. The van der Waals surface area contributed by atoms with Gasteiger partial charge in [-0.2, -0.15) is 22.9 Å². The van der Waals surface area contributed by atoms with Gasteiger partial charge in [0.1, 0.15) is 6.61 Å². The second-order valence-corrected chi connectivity index (χ2v) is 10.3. The second kappa shape index (κ2) is 11.7. The van der Waals surface area contributed by atoms with E-state index in [1.54, 1.807) is 42.5 Å². The maximum Gasteiger partial charge on any atom is 0.416 e. The normalized spacial score (nSPS) is 11.7. The van der Waals surface area contributed by atoms with Crippen LogP contribution in [-0.4, -0.2) is 20.8 Å². The van der Waals surface area contributed by atoms with Crippen LogP contribution in [0.1, 0.15) is 16.7 Å². The lowest BCUT2D eigenvalue weighted by atomic mass is 10.1. The van der Waals surface area contributed by atoms with Gasteiger partial charge in [0.05, 0.1) is 27.6 Å². The first-order valence-corrected chi connectivity index (χ1v) is 13.3. The number of nitro benzene ring substituents is 1. The maximum atomic E-state index is 13.5. The Morgan fingerprint density at radius 2 is 1.79 bits per heavy atom. The van der Waals surface area contributed by atoms with Gasteiger partial charge in [-0.25, -0.2) is 4.98 Å². The van der Waals surface area contributed by atoms with Crippen molar-refractivity contribution < 1.29 is 22.8 Å². The lowest BCUT2D eigenvalue weighted by Crippen LogP contribution is -2.20. The number of halogens is 5. The Labute approximate surface area is 248 Å². The smallest absolute Gasteiger partial charge is 0.416 e. The zero-order valence-corrected chi connectivity index (χ0v) is 23.5. The van der Waals surface area contributed by atoms with Crippen LogP contribution in [0.25, 0.3) is 22.3 Å². The third-order valence-electron chi connectivity index (χ3n) is 6.07. The fourth-order valence-electron chi connectivity index (χ4n) is 4.10. The molecule has 0 aliphatic carbocycles. The Hall–Kier alpha value is -4.55. The minimum absolute atomic E-state index is 0.00114. The van der Waals surface area contributed by atoms with Crippen LogP contribution in [0.2, 0.25) is 5.02 Å². The molecule has 1 heterocycles. The van der Waals surface area contributed by atoms with Crippen LogP contribution in [0.4, 0.5) is 18.9 Å². The first kappa shape index (κ1) is 29.0. The number of benzene rings is 4. The minimum Gasteiger partial charge on any atom is -0.481 e. The average molecular weight is 658 g/mol. The van der Waals surface area contributed by atoms with E-state index >= 15 is 0 Å². The fraction of sp³-hybridized carbons (Fsp3) is 0.0690. The first-order valence-electron chi connectivity index (χ1n) is 12.1. The molecule has 0 atom stereocenters. The van der Waals surface area contributed by atoms with Crippen LogP contribution in [-0.2, 0) is 12.8 Å². The third-order valence-corrected chi connectivity index (χ3v) is 6.82. The van der Waals surface area contributed by atoms with Crippen molar-refractivity contribution >= 4 is 50.3 Å². The van der Waals surface area contributed by atoms with E-state index in [1.165, 1.54) is 24.3 Å². The Morgan fingerprint density at radius 1 is 1.05 bits per heavy atom. The molecule has 212 valence electrons. The first-order chi connectivity index (χ1) is 20.0. The van der Waals surface area contributed by atoms with Crippen molar-refractivity contribution in [2.24, 2.45) is 5.10 Å². The fourth-order valence-corrected chi connectivity index (χ4v) is 4.58. The van der Waals surface area contributed by atoms with Gasteiger partial charge in [-0.3, -0.25) is 14.9 Å². The highest BCUT2D eigenvalue weighted by atomic mass is 79.9. The summed E-state index contributed by atoms with van der Waals surface area (Å²) in [4.78, 5) is 29.1. The number of aromatic nitrogens is 2. The molecule has 42 heavy (non-hydrogen) atoms. The van der Waals surface area contributed by atoms with Gasteiger partial charge >= 0.3 is 11.9 Å². The van der Waals surface area contributed by atoms with Gasteiger partial charge in [0.15, 0.2) is 5.82 Å². The molecule has 5 rings (SSSR count). The molecule has 0 saturated heterocycles. The number of para-hydroxylation sites is 1. The maximum absolute atomic E-state index is 13.5. The molecule has 0 saturated carbocycles. The van der Waals surface area contributed by atoms with Gasteiger partial charge in [-0.05, 0) is 48.0 Å². The summed E-state index contributed by atoms with van der Waals surface area (Å²) in [7, 11) is 0. The molecular weight excluding hydrogens is 641 g/mol. The van der Waals surface area contributed by atoms with E-state index < -0.39 is 27.9 Å². The summed E-state index contributed by atoms with van der Waals surface area (Å²) < 4.78 is 48.0. The Balaban J connectivity index is 1.66. The van der Waals surface area contributed by atoms with Crippen LogP contribution >= 0.6 is 27.5 Å². The number of hydrogen-bond acceptors (Lipinski definition) is 6. The molecule has 0 bridgehead atoms. The predicted molar refractivity (Wildman–Crippen MR) is 156 cm³/mol. The molecule has 0 spiro atoms. The molecule has 0 aliphatic heterocycles. The van der Waals surface area contributed by atoms with Crippen molar-refractivity contribution in [3.63, 3.8) is 0 Å². The van der Waals surface area contributed by atoms with Crippen molar-refractivity contribution in [3.05, 3.63) is 132 Å². The van der Waals surface area contributed by atoms with E-state index in [4.69, 9.17) is 16.3 Å². The van der Waals surface area contributed by atoms with E-state index in [-0.39, 0.29) is 45.2 Å². The molecule has 0 unspecified atom stereocenters. The lowest BCUT2D eigenvalue weighted by Gasteiger charge is -2.13. The molecule has 0 radical (unpaired) electrons. The zero-order valence-electron chi connectivity index (χ0n) is 21.2. The third kappa shape index (κ3) is 6.19. The van der Waals surface area contributed by atoms with E-state index in [0.29, 0.717) is 5.56 Å². The highest BCUT2D eigenvalue weighted by Crippen LogP contribution is 2.35. The lowest BCUT2D eigenvalue weighted by molar-refractivity contribution is -0.385. The van der Waals surface area contributed by atoms with Crippen molar-refractivity contribution in [1.82, 2.24) is 9.66 Å². The SMILES string of the molecule is O=c1c2ccccc2nc(-c2cccc(C(F)(F)F)c2)n1N=Cc1cc(Cl)cc([N+](=O)[O-])c1OCc1ccc(Br)cc1. The number of rotatable bonds is 7. The van der Waals surface area contributed by atoms with Crippen LogP contribution < -0.4 is 10.3 Å². The van der Waals surface area contributed by atoms with Gasteiger partial charge in [-0.15, -0.1) is 0 Å². The van der Waals surface area contributed by atoms with Gasteiger partial charge in [0, 0.05) is 26.7 Å². The monoisotopic (exact) mass is 656 g/mol. The summed E-state index contributed by atoms with van der Waals surface area (Å²) in [5, 5.41) is 16.3. The predicted octanol–water partition coefficient (Wildman–Crippen LogP) is 7.87. The summed E-state index contributed by atoms with van der Waals surface area (Å²) in [5.74, 6) is -0.339. The summed E-state index contributed by atoms with van der Waals surface area (Å²) in [6, 6.07) is 20.2. The van der Waals surface area contributed by atoms with E-state index in [9.17, 15) is 28.1 Å². The summed E-state index contributed by atoms with van der Waals surface area (Å²) in [5.41, 5.74) is -1.05. The summed E-state index contributed by atoms with van der Waals surface area (Å²) >= 11 is 9.51. The zero-order chi connectivity index (χ0) is 30.0.